The molecule has 28 heavy (non-hydrogen) atoms. The van der Waals surface area contributed by atoms with Crippen molar-refractivity contribution in [3.8, 4) is 17.4 Å². The van der Waals surface area contributed by atoms with Gasteiger partial charge in [0.15, 0.2) is 5.76 Å². The first kappa shape index (κ1) is 19.1. The van der Waals surface area contributed by atoms with Crippen LogP contribution in [0.2, 0.25) is 10.0 Å². The van der Waals surface area contributed by atoms with Crippen molar-refractivity contribution in [1.29, 1.82) is 5.26 Å². The van der Waals surface area contributed by atoms with Crippen LogP contribution in [0, 0.1) is 17.2 Å². The van der Waals surface area contributed by atoms with Crippen LogP contribution in [-0.4, -0.2) is 5.91 Å². The molecule has 7 heteroatoms. The number of halogens is 2. The third kappa shape index (κ3) is 3.56. The van der Waals surface area contributed by atoms with Gasteiger partial charge in [-0.05, 0) is 61.1 Å². The van der Waals surface area contributed by atoms with Crippen LogP contribution in [-0.2, 0) is 12.8 Å². The minimum Gasteiger partial charge on any atom is -0.451 e. The highest BCUT2D eigenvalue weighted by atomic mass is 35.5. The zero-order valence-electron chi connectivity index (χ0n) is 15.0. The number of thiophene rings is 1. The Hall–Kier alpha value is -2.26. The number of nitrogens with one attached hydrogen (secondary N) is 1. The molecule has 0 saturated carbocycles. The Kier molecular flexibility index (Phi) is 5.20. The molecule has 0 saturated heterocycles. The second kappa shape index (κ2) is 7.63. The molecule has 0 aliphatic heterocycles. The molecular weight excluding hydrogens is 415 g/mol. The van der Waals surface area contributed by atoms with Crippen LogP contribution in [0.3, 0.4) is 0 Å². The summed E-state index contributed by atoms with van der Waals surface area (Å²) in [5.41, 5.74) is 2.27. The van der Waals surface area contributed by atoms with Gasteiger partial charge < -0.3 is 9.73 Å². The predicted molar refractivity (Wildman–Crippen MR) is 112 cm³/mol. The Labute approximate surface area is 176 Å². The first-order valence-corrected chi connectivity index (χ1v) is 10.4. The average Bonchev–Trinajstić information content (AvgIpc) is 3.27. The molecule has 0 fully saturated rings. The maximum absolute atomic E-state index is 12.7. The van der Waals surface area contributed by atoms with E-state index in [0.29, 0.717) is 37.9 Å². The van der Waals surface area contributed by atoms with Crippen LogP contribution < -0.4 is 5.32 Å². The van der Waals surface area contributed by atoms with Crippen molar-refractivity contribution in [2.45, 2.75) is 26.2 Å². The summed E-state index contributed by atoms with van der Waals surface area (Å²) in [6.07, 6.45) is 2.89. The standard InChI is InChI=1S/C21H16Cl2N2O2S/c1-11-2-4-13-15(10-24)21(28-19(13)8-11)25-20(26)18-7-6-17(27-18)14-9-12(22)3-5-16(14)23/h3,5-7,9,11H,2,4,8H2,1H3,(H,25,26)/t11-/m1/s1. The number of benzene rings is 1. The molecule has 1 N–H and O–H groups in total. The number of anilines is 1. The number of hydrogen-bond donors (Lipinski definition) is 1. The molecule has 0 unspecified atom stereocenters. The molecular formula is C21H16Cl2N2O2S. The summed E-state index contributed by atoms with van der Waals surface area (Å²) in [5, 5.41) is 14.0. The SMILES string of the molecule is C[C@@H]1CCc2c(sc(NC(=O)c3ccc(-c4cc(Cl)ccc4Cl)o3)c2C#N)C1. The Balaban J connectivity index is 1.60. The lowest BCUT2D eigenvalue weighted by molar-refractivity contribution is 0.0998. The second-order valence-corrected chi connectivity index (χ2v) is 8.86. The van der Waals surface area contributed by atoms with Gasteiger partial charge in [-0.2, -0.15) is 5.26 Å². The van der Waals surface area contributed by atoms with E-state index in [1.807, 2.05) is 0 Å². The Morgan fingerprint density at radius 3 is 2.93 bits per heavy atom. The summed E-state index contributed by atoms with van der Waals surface area (Å²) in [4.78, 5) is 13.9. The maximum atomic E-state index is 12.7. The van der Waals surface area contributed by atoms with Gasteiger partial charge in [0.25, 0.3) is 5.91 Å². The van der Waals surface area contributed by atoms with Gasteiger partial charge in [0.05, 0.1) is 10.6 Å². The summed E-state index contributed by atoms with van der Waals surface area (Å²) in [5.74, 6) is 0.802. The minimum absolute atomic E-state index is 0.148. The largest absolute Gasteiger partial charge is 0.451 e. The molecule has 1 aliphatic rings. The molecule has 2 heterocycles. The van der Waals surface area contributed by atoms with E-state index in [1.54, 1.807) is 30.3 Å². The van der Waals surface area contributed by atoms with Crippen LogP contribution >= 0.6 is 34.5 Å². The monoisotopic (exact) mass is 430 g/mol. The first-order valence-electron chi connectivity index (χ1n) is 8.87. The van der Waals surface area contributed by atoms with Gasteiger partial charge in [-0.1, -0.05) is 30.1 Å². The van der Waals surface area contributed by atoms with E-state index in [-0.39, 0.29) is 5.76 Å². The molecule has 1 amide bonds. The predicted octanol–water partition coefficient (Wildman–Crippen LogP) is 6.56. The molecule has 0 bridgehead atoms. The number of furan rings is 1. The molecule has 1 aromatic carbocycles. The van der Waals surface area contributed by atoms with Gasteiger partial charge in [0, 0.05) is 15.5 Å². The number of nitrogens with zero attached hydrogens (tertiary/aromatic N) is 1. The van der Waals surface area contributed by atoms with Gasteiger partial charge in [0.2, 0.25) is 0 Å². The third-order valence-corrected chi connectivity index (χ3v) is 6.61. The summed E-state index contributed by atoms with van der Waals surface area (Å²) < 4.78 is 5.70. The fourth-order valence-electron chi connectivity index (χ4n) is 3.41. The Bertz CT molecular complexity index is 1110. The fraction of sp³-hybridized carbons (Fsp3) is 0.238. The fourth-order valence-corrected chi connectivity index (χ4v) is 5.15. The highest BCUT2D eigenvalue weighted by Crippen LogP contribution is 2.39. The van der Waals surface area contributed by atoms with Crippen molar-refractivity contribution < 1.29 is 9.21 Å². The smallest absolute Gasteiger partial charge is 0.292 e. The van der Waals surface area contributed by atoms with Crippen LogP contribution in [0.4, 0.5) is 5.00 Å². The van der Waals surface area contributed by atoms with Crippen LogP contribution in [0.15, 0.2) is 34.7 Å². The Morgan fingerprint density at radius 1 is 1.32 bits per heavy atom. The summed E-state index contributed by atoms with van der Waals surface area (Å²) >= 11 is 13.7. The van der Waals surface area contributed by atoms with Crippen molar-refractivity contribution in [2.24, 2.45) is 5.92 Å². The molecule has 0 radical (unpaired) electrons. The molecule has 4 rings (SSSR count). The lowest BCUT2D eigenvalue weighted by Gasteiger charge is -2.17. The number of carbonyl (C=O) groups is 1. The van der Waals surface area contributed by atoms with Crippen molar-refractivity contribution in [1.82, 2.24) is 0 Å². The van der Waals surface area contributed by atoms with E-state index in [4.69, 9.17) is 27.6 Å². The third-order valence-electron chi connectivity index (χ3n) is 4.87. The number of fused-ring (bicyclic) bond motifs is 1. The van der Waals surface area contributed by atoms with Crippen molar-refractivity contribution in [3.63, 3.8) is 0 Å². The van der Waals surface area contributed by atoms with E-state index in [1.165, 1.54) is 16.2 Å². The molecule has 4 nitrogen and oxygen atoms in total. The average molecular weight is 431 g/mol. The van der Waals surface area contributed by atoms with E-state index in [0.717, 1.165) is 24.8 Å². The summed E-state index contributed by atoms with van der Waals surface area (Å²) in [6.45, 7) is 2.21. The van der Waals surface area contributed by atoms with E-state index in [2.05, 4.69) is 18.3 Å². The normalized spacial score (nSPS) is 15.7. The lowest BCUT2D eigenvalue weighted by Crippen LogP contribution is -2.11. The zero-order chi connectivity index (χ0) is 19.8. The molecule has 1 atom stereocenters. The van der Waals surface area contributed by atoms with E-state index in [9.17, 15) is 10.1 Å². The number of nitriles is 1. The van der Waals surface area contributed by atoms with Crippen molar-refractivity contribution in [2.75, 3.05) is 5.32 Å². The van der Waals surface area contributed by atoms with Crippen molar-refractivity contribution >= 4 is 45.4 Å². The van der Waals surface area contributed by atoms with E-state index >= 15 is 0 Å². The van der Waals surface area contributed by atoms with Crippen molar-refractivity contribution in [3.05, 3.63) is 62.1 Å². The van der Waals surface area contributed by atoms with Gasteiger partial charge in [0.1, 0.15) is 16.8 Å². The van der Waals surface area contributed by atoms with E-state index < -0.39 is 5.91 Å². The molecule has 142 valence electrons. The molecule has 0 spiro atoms. The Morgan fingerprint density at radius 2 is 2.14 bits per heavy atom. The number of amides is 1. The van der Waals surface area contributed by atoms with Crippen LogP contribution in [0.25, 0.3) is 11.3 Å². The zero-order valence-corrected chi connectivity index (χ0v) is 17.3. The molecule has 2 aromatic heterocycles. The lowest BCUT2D eigenvalue weighted by atomic mass is 9.89. The molecule has 1 aliphatic carbocycles. The summed E-state index contributed by atoms with van der Waals surface area (Å²) in [6, 6.07) is 10.6. The van der Waals surface area contributed by atoms with Gasteiger partial charge >= 0.3 is 0 Å². The van der Waals surface area contributed by atoms with Crippen LogP contribution in [0.5, 0.6) is 0 Å². The van der Waals surface area contributed by atoms with Crippen LogP contribution in [0.1, 0.15) is 39.9 Å². The van der Waals surface area contributed by atoms with Gasteiger partial charge in [-0.25, -0.2) is 0 Å². The molecule has 3 aromatic rings. The highest BCUT2D eigenvalue weighted by molar-refractivity contribution is 7.16. The number of hydrogen-bond acceptors (Lipinski definition) is 4. The number of carbonyl (C=O) groups excluding carboxylic acids is 1. The quantitative estimate of drug-likeness (QED) is 0.511. The van der Waals surface area contributed by atoms with Gasteiger partial charge in [-0.3, -0.25) is 4.79 Å². The highest BCUT2D eigenvalue weighted by Gasteiger charge is 2.25. The maximum Gasteiger partial charge on any atom is 0.292 e. The van der Waals surface area contributed by atoms with Gasteiger partial charge in [-0.15, -0.1) is 11.3 Å². The minimum atomic E-state index is -0.396. The first-order chi connectivity index (χ1) is 13.5. The summed E-state index contributed by atoms with van der Waals surface area (Å²) in [7, 11) is 0. The number of rotatable bonds is 3. The topological polar surface area (TPSA) is 66.0 Å². The second-order valence-electron chi connectivity index (χ2n) is 6.91.